The van der Waals surface area contributed by atoms with Gasteiger partial charge in [-0.25, -0.2) is 9.59 Å². The quantitative estimate of drug-likeness (QED) is 0.167. The van der Waals surface area contributed by atoms with Gasteiger partial charge in [-0.05, 0) is 25.5 Å². The number of hydroxylamine groups is 3. The minimum absolute atomic E-state index is 0.0222. The summed E-state index contributed by atoms with van der Waals surface area (Å²) in [5.74, 6) is -2.03. The van der Waals surface area contributed by atoms with Crippen LogP contribution in [-0.2, 0) is 28.6 Å². The lowest BCUT2D eigenvalue weighted by Gasteiger charge is -2.40. The highest BCUT2D eigenvalue weighted by atomic mass is 16.6. The van der Waals surface area contributed by atoms with Crippen molar-refractivity contribution >= 4 is 17.9 Å². The number of hydrogen-bond acceptors (Lipinski definition) is 7. The molecule has 0 radical (unpaired) electrons. The molecule has 0 spiro atoms. The Labute approximate surface area is 163 Å². The van der Waals surface area contributed by atoms with Gasteiger partial charge in [0.2, 0.25) is 5.60 Å². The minimum Gasteiger partial charge on any atom is -0.632 e. The normalized spacial score (nSPS) is 37.4. The van der Waals surface area contributed by atoms with Gasteiger partial charge < -0.3 is 24.1 Å². The van der Waals surface area contributed by atoms with Crippen molar-refractivity contribution in [3.8, 4) is 0 Å². The molecule has 0 bridgehead atoms. The molecule has 28 heavy (non-hydrogen) atoms. The van der Waals surface area contributed by atoms with Gasteiger partial charge in [0.1, 0.15) is 6.61 Å². The molecule has 4 atom stereocenters. The molecule has 3 rings (SSSR count). The second-order valence-electron chi connectivity index (χ2n) is 7.61. The minimum atomic E-state index is -1.75. The van der Waals surface area contributed by atoms with Crippen LogP contribution in [0.25, 0.3) is 0 Å². The van der Waals surface area contributed by atoms with Crippen LogP contribution in [0.4, 0.5) is 0 Å². The van der Waals surface area contributed by atoms with Crippen molar-refractivity contribution in [3.63, 3.8) is 0 Å². The molecule has 2 fully saturated rings. The van der Waals surface area contributed by atoms with Crippen LogP contribution in [0.15, 0.2) is 35.5 Å². The molecule has 8 heteroatoms. The van der Waals surface area contributed by atoms with Gasteiger partial charge in [0.05, 0.1) is 13.1 Å². The van der Waals surface area contributed by atoms with Crippen LogP contribution in [0.5, 0.6) is 0 Å². The Morgan fingerprint density at radius 1 is 1.46 bits per heavy atom. The Morgan fingerprint density at radius 2 is 2.18 bits per heavy atom. The van der Waals surface area contributed by atoms with E-state index in [-0.39, 0.29) is 30.7 Å². The van der Waals surface area contributed by atoms with Gasteiger partial charge in [-0.15, -0.1) is 0 Å². The summed E-state index contributed by atoms with van der Waals surface area (Å²) in [5.41, 5.74) is -0.652. The molecule has 0 aromatic rings. The molecule has 3 aliphatic heterocycles. The molecule has 8 nitrogen and oxygen atoms in total. The molecule has 3 heterocycles. The maximum Gasteiger partial charge on any atom is 0.355 e. The first-order chi connectivity index (χ1) is 13.1. The maximum atomic E-state index is 13.0. The van der Waals surface area contributed by atoms with Crippen LogP contribution < -0.4 is 0 Å². The lowest BCUT2D eigenvalue weighted by Crippen LogP contribution is -2.49. The molecule has 152 valence electrons. The zero-order chi connectivity index (χ0) is 20.7. The van der Waals surface area contributed by atoms with E-state index < -0.39 is 40.3 Å². The Morgan fingerprint density at radius 3 is 2.82 bits per heavy atom. The van der Waals surface area contributed by atoms with E-state index in [1.54, 1.807) is 19.1 Å². The number of carbonyl (C=O) groups excluding carboxylic acids is 3. The predicted octanol–water partition coefficient (Wildman–Crippen LogP) is 1.70. The first-order valence-electron chi connectivity index (χ1n) is 9.28. The number of hydrogen-bond donors (Lipinski definition) is 0. The summed E-state index contributed by atoms with van der Waals surface area (Å²) in [6.45, 7) is 8.55. The molecular formula is C20H25NO7. The van der Waals surface area contributed by atoms with Crippen LogP contribution in [0.3, 0.4) is 0 Å². The van der Waals surface area contributed by atoms with Gasteiger partial charge in [0.15, 0.2) is 12.1 Å². The van der Waals surface area contributed by atoms with Crippen molar-refractivity contribution in [3.05, 3.63) is 40.7 Å². The van der Waals surface area contributed by atoms with E-state index in [0.717, 1.165) is 0 Å². The number of rotatable bonds is 1. The fourth-order valence-electron chi connectivity index (χ4n) is 4.09. The van der Waals surface area contributed by atoms with E-state index in [1.807, 2.05) is 0 Å². The molecule has 0 N–H and O–H groups in total. The first kappa shape index (κ1) is 20.3. The maximum absolute atomic E-state index is 13.0. The van der Waals surface area contributed by atoms with Crippen LogP contribution in [0, 0.1) is 5.21 Å². The third-order valence-corrected chi connectivity index (χ3v) is 5.75. The predicted molar refractivity (Wildman–Crippen MR) is 98.4 cm³/mol. The molecule has 0 aromatic heterocycles. The Balaban J connectivity index is 1.98. The Hall–Kier alpha value is -2.45. The summed E-state index contributed by atoms with van der Waals surface area (Å²) >= 11 is 0. The SMILES string of the molecule is C=C1CC(=CC)C(=O)O[C@@H]2CC[N+]3([O-])CC=C(COC(=O)[C@]1(C)OC(C)=O)[C@H]23. The second-order valence-corrected chi connectivity index (χ2v) is 7.61. The van der Waals surface area contributed by atoms with Crippen LogP contribution in [0.2, 0.25) is 0 Å². The van der Waals surface area contributed by atoms with E-state index in [2.05, 4.69) is 6.58 Å². The lowest BCUT2D eigenvalue weighted by molar-refractivity contribution is -0.877. The molecule has 0 aromatic carbocycles. The van der Waals surface area contributed by atoms with Gasteiger partial charge >= 0.3 is 17.9 Å². The molecule has 0 amide bonds. The van der Waals surface area contributed by atoms with Gasteiger partial charge in [-0.1, -0.05) is 12.7 Å². The summed E-state index contributed by atoms with van der Waals surface area (Å²) in [4.78, 5) is 37.1. The van der Waals surface area contributed by atoms with E-state index >= 15 is 0 Å². The zero-order valence-electron chi connectivity index (χ0n) is 16.4. The van der Waals surface area contributed by atoms with Crippen molar-refractivity contribution in [2.75, 3.05) is 19.7 Å². The summed E-state index contributed by atoms with van der Waals surface area (Å²) in [5, 5.41) is 13.0. The van der Waals surface area contributed by atoms with Crippen molar-refractivity contribution in [2.45, 2.75) is 51.4 Å². The van der Waals surface area contributed by atoms with Gasteiger partial charge in [0.25, 0.3) is 0 Å². The average Bonchev–Trinajstić information content (AvgIpc) is 3.11. The van der Waals surface area contributed by atoms with Crippen LogP contribution >= 0.6 is 0 Å². The number of esters is 3. The van der Waals surface area contributed by atoms with Gasteiger partial charge in [0, 0.05) is 30.9 Å². The van der Waals surface area contributed by atoms with Crippen molar-refractivity contribution < 1.29 is 33.2 Å². The molecule has 0 aliphatic carbocycles. The fraction of sp³-hybridized carbons (Fsp3) is 0.550. The lowest BCUT2D eigenvalue weighted by atomic mass is 9.90. The highest BCUT2D eigenvalue weighted by Gasteiger charge is 2.51. The number of cyclic esters (lactones) is 1. The number of allylic oxidation sites excluding steroid dienone is 1. The van der Waals surface area contributed by atoms with E-state index in [1.165, 1.54) is 13.8 Å². The van der Waals surface area contributed by atoms with Crippen LogP contribution in [-0.4, -0.2) is 60.0 Å². The first-order valence-corrected chi connectivity index (χ1v) is 9.28. The van der Waals surface area contributed by atoms with E-state index in [9.17, 15) is 19.6 Å². The van der Waals surface area contributed by atoms with Crippen LogP contribution in [0.1, 0.15) is 33.6 Å². The third-order valence-electron chi connectivity index (χ3n) is 5.75. The van der Waals surface area contributed by atoms with Gasteiger partial charge in [-0.3, -0.25) is 4.79 Å². The average molecular weight is 391 g/mol. The standard InChI is InChI=1S/C20H25NO7/c1-5-14-10-12(2)20(4,28-13(3)22)19(24)26-11-15-6-8-21(25)9-7-16(17(15)21)27-18(14)23/h5-6,16-17H,2,7-11H2,1,3-4H3/t16-,17-,20-,21?/m1/s1. The van der Waals surface area contributed by atoms with E-state index in [0.29, 0.717) is 18.5 Å². The smallest absolute Gasteiger partial charge is 0.355 e. The Kier molecular flexibility index (Phi) is 5.20. The molecular weight excluding hydrogens is 366 g/mol. The highest BCUT2D eigenvalue weighted by Crippen LogP contribution is 2.39. The fourth-order valence-corrected chi connectivity index (χ4v) is 4.09. The molecule has 0 saturated carbocycles. The largest absolute Gasteiger partial charge is 0.632 e. The third kappa shape index (κ3) is 3.38. The van der Waals surface area contributed by atoms with Crippen molar-refractivity contribution in [2.24, 2.45) is 0 Å². The molecule has 1 unspecified atom stereocenters. The van der Waals surface area contributed by atoms with Crippen molar-refractivity contribution in [1.82, 2.24) is 0 Å². The Bertz CT molecular complexity index is 798. The number of carbonyl (C=O) groups is 3. The number of quaternary nitrogens is 1. The van der Waals surface area contributed by atoms with Gasteiger partial charge in [-0.2, -0.15) is 0 Å². The highest BCUT2D eigenvalue weighted by molar-refractivity contribution is 5.91. The number of ether oxygens (including phenoxy) is 3. The van der Waals surface area contributed by atoms with Crippen molar-refractivity contribution in [1.29, 1.82) is 0 Å². The second kappa shape index (κ2) is 7.18. The monoisotopic (exact) mass is 391 g/mol. The topological polar surface area (TPSA) is 102 Å². The summed E-state index contributed by atoms with van der Waals surface area (Å²) in [6.07, 6.45) is 3.17. The van der Waals surface area contributed by atoms with E-state index in [4.69, 9.17) is 14.2 Å². The summed E-state index contributed by atoms with van der Waals surface area (Å²) in [6, 6.07) is -0.586. The summed E-state index contributed by atoms with van der Waals surface area (Å²) in [7, 11) is 0. The molecule has 3 aliphatic rings. The molecule has 2 saturated heterocycles. The zero-order valence-corrected chi connectivity index (χ0v) is 16.4. The number of nitrogens with zero attached hydrogens (tertiary/aromatic N) is 1. The summed E-state index contributed by atoms with van der Waals surface area (Å²) < 4.78 is 15.8.